The van der Waals surface area contributed by atoms with Gasteiger partial charge >= 0.3 is 0 Å². The Morgan fingerprint density at radius 2 is 1.63 bits per heavy atom. The molecule has 0 radical (unpaired) electrons. The lowest BCUT2D eigenvalue weighted by Gasteiger charge is -2.21. The zero-order chi connectivity index (χ0) is 19.3. The molecule has 0 heterocycles. The SMILES string of the molecule is NC(=O)c1ccc(NS(=O)(=O)c2ccc(OCC3CCCCC3)cc2)cc1. The molecule has 0 spiro atoms. The molecule has 6 nitrogen and oxygen atoms in total. The largest absolute Gasteiger partial charge is 0.493 e. The second-order valence-corrected chi connectivity index (χ2v) is 8.52. The van der Waals surface area contributed by atoms with Gasteiger partial charge in [-0.05, 0) is 67.3 Å². The Hall–Kier alpha value is -2.54. The number of sulfonamides is 1. The lowest BCUT2D eigenvalue weighted by molar-refractivity contribution is 0.100. The highest BCUT2D eigenvalue weighted by molar-refractivity contribution is 7.92. The van der Waals surface area contributed by atoms with E-state index < -0.39 is 15.9 Å². The van der Waals surface area contributed by atoms with Gasteiger partial charge in [0, 0.05) is 11.3 Å². The van der Waals surface area contributed by atoms with Crippen molar-refractivity contribution in [1.82, 2.24) is 0 Å². The number of anilines is 1. The molecule has 0 aliphatic heterocycles. The molecular formula is C20H24N2O4S. The maximum Gasteiger partial charge on any atom is 0.261 e. The fourth-order valence-corrected chi connectivity index (χ4v) is 4.26. The van der Waals surface area contributed by atoms with Crippen LogP contribution in [-0.4, -0.2) is 20.9 Å². The monoisotopic (exact) mass is 388 g/mol. The van der Waals surface area contributed by atoms with E-state index in [4.69, 9.17) is 10.5 Å². The number of carbonyl (C=O) groups is 1. The zero-order valence-electron chi connectivity index (χ0n) is 15.1. The minimum Gasteiger partial charge on any atom is -0.493 e. The molecule has 0 saturated heterocycles. The Bertz CT molecular complexity index is 871. The molecule has 7 heteroatoms. The molecular weight excluding hydrogens is 364 g/mol. The summed E-state index contributed by atoms with van der Waals surface area (Å²) in [7, 11) is -3.72. The Labute approximate surface area is 159 Å². The number of primary amides is 1. The van der Waals surface area contributed by atoms with Crippen molar-refractivity contribution in [3.8, 4) is 5.75 Å². The molecule has 3 N–H and O–H groups in total. The number of nitrogens with two attached hydrogens (primary N) is 1. The van der Waals surface area contributed by atoms with Crippen molar-refractivity contribution in [2.45, 2.75) is 37.0 Å². The number of benzene rings is 2. The van der Waals surface area contributed by atoms with E-state index in [1.165, 1.54) is 68.5 Å². The topological polar surface area (TPSA) is 98.5 Å². The molecule has 1 fully saturated rings. The molecule has 1 aliphatic carbocycles. The number of ether oxygens (including phenoxy) is 1. The maximum absolute atomic E-state index is 12.5. The molecule has 0 unspecified atom stereocenters. The van der Waals surface area contributed by atoms with Crippen molar-refractivity contribution in [1.29, 1.82) is 0 Å². The molecule has 2 aromatic carbocycles. The summed E-state index contributed by atoms with van der Waals surface area (Å²) in [5.74, 6) is 0.700. The van der Waals surface area contributed by atoms with Crippen LogP contribution in [-0.2, 0) is 10.0 Å². The number of amides is 1. The van der Waals surface area contributed by atoms with E-state index in [1.807, 2.05) is 0 Å². The molecule has 1 aliphatic rings. The van der Waals surface area contributed by atoms with Gasteiger partial charge in [-0.1, -0.05) is 19.3 Å². The fraction of sp³-hybridized carbons (Fsp3) is 0.350. The Balaban J connectivity index is 1.61. The van der Waals surface area contributed by atoms with E-state index in [2.05, 4.69) is 4.72 Å². The summed E-state index contributed by atoms with van der Waals surface area (Å²) in [5.41, 5.74) is 5.85. The predicted molar refractivity (Wildman–Crippen MR) is 104 cm³/mol. The van der Waals surface area contributed by atoms with Gasteiger partial charge in [0.05, 0.1) is 11.5 Å². The smallest absolute Gasteiger partial charge is 0.261 e. The first-order valence-corrected chi connectivity index (χ1v) is 10.6. The number of hydrogen-bond acceptors (Lipinski definition) is 4. The van der Waals surface area contributed by atoms with Crippen LogP contribution in [0.2, 0.25) is 0 Å². The van der Waals surface area contributed by atoms with Crippen LogP contribution in [0.4, 0.5) is 5.69 Å². The second kappa shape index (κ2) is 8.43. The van der Waals surface area contributed by atoms with Gasteiger partial charge in [0.15, 0.2) is 0 Å². The number of hydrogen-bond donors (Lipinski definition) is 2. The van der Waals surface area contributed by atoms with Crippen molar-refractivity contribution in [3.63, 3.8) is 0 Å². The molecule has 1 amide bonds. The summed E-state index contributed by atoms with van der Waals surface area (Å²) in [4.78, 5) is 11.2. The van der Waals surface area contributed by atoms with Crippen LogP contribution in [0.15, 0.2) is 53.4 Å². The summed E-state index contributed by atoms with van der Waals surface area (Å²) in [6.07, 6.45) is 6.23. The highest BCUT2D eigenvalue weighted by Crippen LogP contribution is 2.25. The van der Waals surface area contributed by atoms with E-state index in [-0.39, 0.29) is 4.90 Å². The molecule has 0 aromatic heterocycles. The first kappa shape index (κ1) is 19.2. The molecule has 1 saturated carbocycles. The van der Waals surface area contributed by atoms with Gasteiger partial charge in [-0.25, -0.2) is 8.42 Å². The molecule has 0 bridgehead atoms. The lowest BCUT2D eigenvalue weighted by Crippen LogP contribution is -2.15. The molecule has 27 heavy (non-hydrogen) atoms. The predicted octanol–water partition coefficient (Wildman–Crippen LogP) is 3.55. The van der Waals surface area contributed by atoms with E-state index in [1.54, 1.807) is 12.1 Å². The molecule has 2 aromatic rings. The van der Waals surface area contributed by atoms with Crippen LogP contribution in [0.1, 0.15) is 42.5 Å². The Morgan fingerprint density at radius 1 is 1.00 bits per heavy atom. The van der Waals surface area contributed by atoms with Crippen molar-refractivity contribution >= 4 is 21.6 Å². The van der Waals surface area contributed by atoms with Crippen molar-refractivity contribution in [3.05, 3.63) is 54.1 Å². The Morgan fingerprint density at radius 3 is 2.22 bits per heavy atom. The summed E-state index contributed by atoms with van der Waals surface area (Å²) in [6, 6.07) is 12.3. The third-order valence-electron chi connectivity index (χ3n) is 4.77. The maximum atomic E-state index is 12.5. The van der Waals surface area contributed by atoms with Crippen LogP contribution < -0.4 is 15.2 Å². The van der Waals surface area contributed by atoms with Crippen LogP contribution in [0.5, 0.6) is 5.75 Å². The standard InChI is InChI=1S/C20H24N2O4S/c21-20(23)16-6-8-17(9-7-16)22-27(24,25)19-12-10-18(11-13-19)26-14-15-4-2-1-3-5-15/h6-13,15,22H,1-5,14H2,(H2,21,23). The Kier molecular flexibility index (Phi) is 6.01. The number of rotatable bonds is 7. The number of nitrogens with one attached hydrogen (secondary N) is 1. The van der Waals surface area contributed by atoms with Crippen molar-refractivity contribution < 1.29 is 17.9 Å². The summed E-state index contributed by atoms with van der Waals surface area (Å²) in [5, 5.41) is 0. The van der Waals surface area contributed by atoms with Crippen LogP contribution >= 0.6 is 0 Å². The van der Waals surface area contributed by atoms with E-state index in [0.717, 1.165) is 0 Å². The van der Waals surface area contributed by atoms with Crippen LogP contribution in [0.3, 0.4) is 0 Å². The highest BCUT2D eigenvalue weighted by Gasteiger charge is 2.16. The molecule has 3 rings (SSSR count). The third kappa shape index (κ3) is 5.23. The van der Waals surface area contributed by atoms with Gasteiger partial charge in [0.2, 0.25) is 5.91 Å². The van der Waals surface area contributed by atoms with E-state index in [0.29, 0.717) is 29.5 Å². The first-order valence-electron chi connectivity index (χ1n) is 9.09. The van der Waals surface area contributed by atoms with Gasteiger partial charge in [0.1, 0.15) is 5.75 Å². The van der Waals surface area contributed by atoms with Gasteiger partial charge in [-0.3, -0.25) is 9.52 Å². The fourth-order valence-electron chi connectivity index (χ4n) is 3.20. The van der Waals surface area contributed by atoms with Gasteiger partial charge in [-0.2, -0.15) is 0 Å². The van der Waals surface area contributed by atoms with E-state index >= 15 is 0 Å². The average molecular weight is 388 g/mol. The summed E-state index contributed by atoms with van der Waals surface area (Å²) < 4.78 is 33.3. The zero-order valence-corrected chi connectivity index (χ0v) is 15.9. The highest BCUT2D eigenvalue weighted by atomic mass is 32.2. The summed E-state index contributed by atoms with van der Waals surface area (Å²) >= 11 is 0. The molecule has 0 atom stereocenters. The van der Waals surface area contributed by atoms with Crippen molar-refractivity contribution in [2.24, 2.45) is 11.7 Å². The third-order valence-corrected chi connectivity index (χ3v) is 6.16. The van der Waals surface area contributed by atoms with Gasteiger partial charge in [0.25, 0.3) is 10.0 Å². The second-order valence-electron chi connectivity index (χ2n) is 6.83. The lowest BCUT2D eigenvalue weighted by atomic mass is 9.90. The van der Waals surface area contributed by atoms with E-state index in [9.17, 15) is 13.2 Å². The summed E-state index contributed by atoms with van der Waals surface area (Å²) in [6.45, 7) is 0.677. The average Bonchev–Trinajstić information content (AvgIpc) is 2.67. The van der Waals surface area contributed by atoms with Gasteiger partial charge < -0.3 is 10.5 Å². The van der Waals surface area contributed by atoms with Gasteiger partial charge in [-0.15, -0.1) is 0 Å². The van der Waals surface area contributed by atoms with Crippen LogP contribution in [0.25, 0.3) is 0 Å². The normalized spacial score (nSPS) is 15.3. The quantitative estimate of drug-likeness (QED) is 0.758. The minimum atomic E-state index is -3.72. The first-order chi connectivity index (χ1) is 12.9. The number of carbonyl (C=O) groups excluding carboxylic acids is 1. The van der Waals surface area contributed by atoms with Crippen LogP contribution in [0, 0.1) is 5.92 Å². The molecule has 144 valence electrons. The minimum absolute atomic E-state index is 0.145. The van der Waals surface area contributed by atoms with Crippen molar-refractivity contribution in [2.75, 3.05) is 11.3 Å².